The molecule has 3 nitrogen and oxygen atoms in total. The third-order valence-electron chi connectivity index (χ3n) is 3.59. The minimum Gasteiger partial charge on any atom is -0.477 e. The van der Waals surface area contributed by atoms with Gasteiger partial charge in [-0.25, -0.2) is 9.78 Å². The summed E-state index contributed by atoms with van der Waals surface area (Å²) in [5.41, 5.74) is 5.05. The van der Waals surface area contributed by atoms with Crippen LogP contribution >= 0.6 is 0 Å². The number of aromatic nitrogens is 1. The smallest absolute Gasteiger partial charge is 0.354 e. The largest absolute Gasteiger partial charge is 0.477 e. The Labute approximate surface area is 125 Å². The van der Waals surface area contributed by atoms with Crippen molar-refractivity contribution in [1.29, 1.82) is 0 Å². The first-order chi connectivity index (χ1) is 9.70. The van der Waals surface area contributed by atoms with E-state index >= 15 is 0 Å². The molecule has 1 heterocycles. The number of carboxylic acid groups (broad SMARTS) is 1. The molecule has 2 rings (SSSR count). The number of hydrogen-bond donors (Lipinski definition) is 1. The number of aromatic carboxylic acids is 1. The fraction of sp³-hybridized carbons (Fsp3) is 0.333. The van der Waals surface area contributed by atoms with Crippen LogP contribution in [0.15, 0.2) is 30.5 Å². The molecule has 0 fully saturated rings. The molecule has 0 aliphatic heterocycles. The van der Waals surface area contributed by atoms with E-state index in [1.165, 1.54) is 11.1 Å². The van der Waals surface area contributed by atoms with Gasteiger partial charge in [-0.05, 0) is 42.0 Å². The first kappa shape index (κ1) is 15.2. The van der Waals surface area contributed by atoms with Crippen LogP contribution in [0.2, 0.25) is 0 Å². The molecule has 1 aromatic heterocycles. The first-order valence-electron chi connectivity index (χ1n) is 7.01. The molecule has 0 atom stereocenters. The average Bonchev–Trinajstić information content (AvgIpc) is 2.37. The van der Waals surface area contributed by atoms with Crippen LogP contribution in [0.4, 0.5) is 0 Å². The summed E-state index contributed by atoms with van der Waals surface area (Å²) in [7, 11) is 0. The zero-order valence-corrected chi connectivity index (χ0v) is 13.2. The molecule has 0 spiro atoms. The number of aryl methyl sites for hydroxylation is 2. The van der Waals surface area contributed by atoms with Gasteiger partial charge in [-0.1, -0.05) is 44.5 Å². The Morgan fingerprint density at radius 3 is 2.33 bits per heavy atom. The number of rotatable bonds is 2. The van der Waals surface area contributed by atoms with Gasteiger partial charge in [-0.15, -0.1) is 0 Å². The van der Waals surface area contributed by atoms with Crippen LogP contribution < -0.4 is 0 Å². The molecule has 21 heavy (non-hydrogen) atoms. The SMILES string of the molecule is Cc1ccc(-c2cnc(C(=O)O)c(C(C)(C)C)c2)c(C)c1. The van der Waals surface area contributed by atoms with Gasteiger partial charge in [0, 0.05) is 11.8 Å². The highest BCUT2D eigenvalue weighted by molar-refractivity contribution is 5.88. The van der Waals surface area contributed by atoms with Crippen molar-refractivity contribution in [3.63, 3.8) is 0 Å². The lowest BCUT2D eigenvalue weighted by atomic mass is 9.84. The van der Waals surface area contributed by atoms with Crippen LogP contribution in [0.1, 0.15) is 48.0 Å². The van der Waals surface area contributed by atoms with Gasteiger partial charge in [0.2, 0.25) is 0 Å². The molecule has 0 unspecified atom stereocenters. The normalized spacial score (nSPS) is 11.5. The van der Waals surface area contributed by atoms with Crippen molar-refractivity contribution in [3.05, 3.63) is 52.8 Å². The van der Waals surface area contributed by atoms with Crippen molar-refractivity contribution in [3.8, 4) is 11.1 Å². The second kappa shape index (κ2) is 5.32. The zero-order valence-electron chi connectivity index (χ0n) is 13.2. The molecule has 0 saturated carbocycles. The first-order valence-corrected chi connectivity index (χ1v) is 7.01. The summed E-state index contributed by atoms with van der Waals surface area (Å²) in [5, 5.41) is 9.32. The lowest BCUT2D eigenvalue weighted by molar-refractivity contribution is 0.0687. The minimum absolute atomic E-state index is 0.135. The van der Waals surface area contributed by atoms with Crippen molar-refractivity contribution in [2.75, 3.05) is 0 Å². The number of hydrogen-bond acceptors (Lipinski definition) is 2. The van der Waals surface area contributed by atoms with Crippen molar-refractivity contribution in [1.82, 2.24) is 4.98 Å². The molecule has 1 aromatic carbocycles. The molecule has 0 amide bonds. The number of carbonyl (C=O) groups is 1. The van der Waals surface area contributed by atoms with Gasteiger partial charge in [-0.2, -0.15) is 0 Å². The van der Waals surface area contributed by atoms with Crippen LogP contribution in [0.5, 0.6) is 0 Å². The van der Waals surface area contributed by atoms with E-state index < -0.39 is 5.97 Å². The summed E-state index contributed by atoms with van der Waals surface area (Å²) < 4.78 is 0. The predicted molar refractivity (Wildman–Crippen MR) is 84.8 cm³/mol. The van der Waals surface area contributed by atoms with Crippen molar-refractivity contribution in [2.45, 2.75) is 40.0 Å². The number of nitrogens with zero attached hydrogens (tertiary/aromatic N) is 1. The Bertz CT molecular complexity index is 697. The summed E-state index contributed by atoms with van der Waals surface area (Å²) in [6.45, 7) is 10.1. The Balaban J connectivity index is 2.64. The van der Waals surface area contributed by atoms with Gasteiger partial charge in [0.1, 0.15) is 0 Å². The fourth-order valence-corrected chi connectivity index (χ4v) is 2.49. The highest BCUT2D eigenvalue weighted by Gasteiger charge is 2.23. The summed E-state index contributed by atoms with van der Waals surface area (Å²) in [6, 6.07) is 8.20. The lowest BCUT2D eigenvalue weighted by Crippen LogP contribution is -2.18. The molecule has 110 valence electrons. The van der Waals surface area contributed by atoms with E-state index in [2.05, 4.69) is 37.0 Å². The molecule has 0 aliphatic rings. The Morgan fingerprint density at radius 2 is 1.81 bits per heavy atom. The molecule has 0 aliphatic carbocycles. The van der Waals surface area contributed by atoms with E-state index in [-0.39, 0.29) is 11.1 Å². The monoisotopic (exact) mass is 283 g/mol. The maximum absolute atomic E-state index is 11.4. The van der Waals surface area contributed by atoms with Gasteiger partial charge in [0.25, 0.3) is 0 Å². The van der Waals surface area contributed by atoms with E-state index in [4.69, 9.17) is 0 Å². The second-order valence-electron chi connectivity index (χ2n) is 6.49. The van der Waals surface area contributed by atoms with Gasteiger partial charge in [0.05, 0.1) is 0 Å². The van der Waals surface area contributed by atoms with E-state index in [1.807, 2.05) is 26.8 Å². The molecule has 3 heteroatoms. The van der Waals surface area contributed by atoms with Gasteiger partial charge in [0.15, 0.2) is 5.69 Å². The maximum Gasteiger partial charge on any atom is 0.354 e. The summed E-state index contributed by atoms with van der Waals surface area (Å²) >= 11 is 0. The summed E-state index contributed by atoms with van der Waals surface area (Å²) in [6.07, 6.45) is 1.65. The molecule has 2 aromatic rings. The average molecular weight is 283 g/mol. The van der Waals surface area contributed by atoms with Gasteiger partial charge < -0.3 is 5.11 Å². The van der Waals surface area contributed by atoms with Crippen LogP contribution in [-0.4, -0.2) is 16.1 Å². The quantitative estimate of drug-likeness (QED) is 0.890. The number of carboxylic acids is 1. The van der Waals surface area contributed by atoms with Crippen LogP contribution in [-0.2, 0) is 5.41 Å². The molecular formula is C18H21NO2. The third kappa shape index (κ3) is 3.13. The molecular weight excluding hydrogens is 262 g/mol. The Hall–Kier alpha value is -2.16. The third-order valence-corrected chi connectivity index (χ3v) is 3.59. The lowest BCUT2D eigenvalue weighted by Gasteiger charge is -2.22. The fourth-order valence-electron chi connectivity index (χ4n) is 2.49. The van der Waals surface area contributed by atoms with Crippen molar-refractivity contribution >= 4 is 5.97 Å². The molecule has 0 radical (unpaired) electrons. The molecule has 1 N–H and O–H groups in total. The second-order valence-corrected chi connectivity index (χ2v) is 6.49. The highest BCUT2D eigenvalue weighted by atomic mass is 16.4. The number of pyridine rings is 1. The Morgan fingerprint density at radius 1 is 1.14 bits per heavy atom. The predicted octanol–water partition coefficient (Wildman–Crippen LogP) is 4.36. The summed E-state index contributed by atoms with van der Waals surface area (Å²) in [4.78, 5) is 15.6. The van der Waals surface area contributed by atoms with Crippen LogP contribution in [0.3, 0.4) is 0 Å². The number of benzene rings is 1. The zero-order chi connectivity index (χ0) is 15.8. The van der Waals surface area contributed by atoms with Crippen LogP contribution in [0.25, 0.3) is 11.1 Å². The van der Waals surface area contributed by atoms with E-state index in [9.17, 15) is 9.90 Å². The topological polar surface area (TPSA) is 50.2 Å². The van der Waals surface area contributed by atoms with Crippen molar-refractivity contribution in [2.24, 2.45) is 0 Å². The van der Waals surface area contributed by atoms with E-state index in [1.54, 1.807) is 6.20 Å². The van der Waals surface area contributed by atoms with Crippen molar-refractivity contribution < 1.29 is 9.90 Å². The molecule has 0 bridgehead atoms. The maximum atomic E-state index is 11.4. The standard InChI is InChI=1S/C18H21NO2/c1-11-6-7-14(12(2)8-11)13-9-15(18(3,4)5)16(17(20)21)19-10-13/h6-10H,1-5H3,(H,20,21). The van der Waals surface area contributed by atoms with Crippen LogP contribution in [0, 0.1) is 13.8 Å². The van der Waals surface area contributed by atoms with E-state index in [0.717, 1.165) is 16.7 Å². The van der Waals surface area contributed by atoms with E-state index in [0.29, 0.717) is 0 Å². The van der Waals surface area contributed by atoms with Gasteiger partial charge >= 0.3 is 5.97 Å². The molecule has 0 saturated heterocycles. The highest BCUT2D eigenvalue weighted by Crippen LogP contribution is 2.31. The minimum atomic E-state index is -0.980. The summed E-state index contributed by atoms with van der Waals surface area (Å²) in [5.74, 6) is -0.980. The Kier molecular flexibility index (Phi) is 3.86. The van der Waals surface area contributed by atoms with Gasteiger partial charge in [-0.3, -0.25) is 0 Å².